The van der Waals surface area contributed by atoms with Gasteiger partial charge in [0.1, 0.15) is 4.33 Å². The molecule has 0 spiro atoms. The second-order valence-corrected chi connectivity index (χ2v) is 5.63. The monoisotopic (exact) mass is 297 g/mol. The fourth-order valence-corrected chi connectivity index (χ4v) is 2.01. The zero-order chi connectivity index (χ0) is 13.6. The summed E-state index contributed by atoms with van der Waals surface area (Å²) < 4.78 is 36.2. The number of anilines is 1. The van der Waals surface area contributed by atoms with Gasteiger partial charge < -0.3 is 5.32 Å². The summed E-state index contributed by atoms with van der Waals surface area (Å²) in [7, 11) is 0. The van der Waals surface area contributed by atoms with Crippen LogP contribution in [0.4, 0.5) is 18.9 Å². The highest BCUT2D eigenvalue weighted by molar-refractivity contribution is 6.52. The molecule has 0 saturated heterocycles. The van der Waals surface area contributed by atoms with Gasteiger partial charge in [0.05, 0.1) is 11.5 Å². The minimum atomic E-state index is -4.44. The molecule has 18 heavy (non-hydrogen) atoms. The molecule has 1 atom stereocenters. The van der Waals surface area contributed by atoms with Gasteiger partial charge in [0.25, 0.3) is 0 Å². The summed E-state index contributed by atoms with van der Waals surface area (Å²) in [6, 6.07) is 4.39. The molecule has 0 unspecified atom stereocenters. The third-order valence-corrected chi connectivity index (χ3v) is 3.44. The van der Waals surface area contributed by atoms with E-state index in [9.17, 15) is 18.0 Å². The first kappa shape index (κ1) is 13.5. The number of benzene rings is 1. The van der Waals surface area contributed by atoms with E-state index in [1.54, 1.807) is 0 Å². The quantitative estimate of drug-likeness (QED) is 0.826. The van der Waals surface area contributed by atoms with Gasteiger partial charge in [-0.25, -0.2) is 0 Å². The average Bonchev–Trinajstić information content (AvgIpc) is 2.87. The molecule has 1 saturated carbocycles. The number of hydrogen-bond acceptors (Lipinski definition) is 1. The van der Waals surface area contributed by atoms with E-state index < -0.39 is 27.9 Å². The summed E-state index contributed by atoms with van der Waals surface area (Å²) >= 11 is 11.4. The summed E-state index contributed by atoms with van der Waals surface area (Å²) in [4.78, 5) is 11.6. The lowest BCUT2D eigenvalue weighted by molar-refractivity contribution is -0.137. The van der Waals surface area contributed by atoms with Crippen LogP contribution in [0.1, 0.15) is 12.0 Å². The van der Waals surface area contributed by atoms with Crippen molar-refractivity contribution in [3.63, 3.8) is 0 Å². The van der Waals surface area contributed by atoms with Crippen molar-refractivity contribution in [1.29, 1.82) is 0 Å². The second-order valence-electron chi connectivity index (χ2n) is 4.09. The van der Waals surface area contributed by atoms with Crippen molar-refractivity contribution < 1.29 is 18.0 Å². The number of amides is 1. The fourth-order valence-electron chi connectivity index (χ4n) is 1.50. The normalized spacial score (nSPS) is 21.5. The summed E-state index contributed by atoms with van der Waals surface area (Å²) in [5, 5.41) is 2.36. The van der Waals surface area contributed by atoms with E-state index in [2.05, 4.69) is 5.32 Å². The molecule has 1 amide bonds. The van der Waals surface area contributed by atoms with Crippen LogP contribution in [0, 0.1) is 5.92 Å². The number of halogens is 5. The third-order valence-electron chi connectivity index (χ3n) is 2.60. The number of rotatable bonds is 2. The number of hydrogen-bond donors (Lipinski definition) is 1. The molecule has 2 rings (SSSR count). The van der Waals surface area contributed by atoms with E-state index in [0.717, 1.165) is 12.1 Å². The Morgan fingerprint density at radius 3 is 2.50 bits per heavy atom. The molecule has 1 aromatic rings. The molecule has 98 valence electrons. The Labute approximate surface area is 111 Å². The first-order chi connectivity index (χ1) is 8.20. The van der Waals surface area contributed by atoms with E-state index >= 15 is 0 Å². The van der Waals surface area contributed by atoms with Crippen molar-refractivity contribution in [2.45, 2.75) is 16.9 Å². The Hall–Kier alpha value is -0.940. The van der Waals surface area contributed by atoms with Gasteiger partial charge in [-0.2, -0.15) is 13.2 Å². The van der Waals surface area contributed by atoms with Gasteiger partial charge in [-0.3, -0.25) is 4.79 Å². The van der Waals surface area contributed by atoms with Crippen LogP contribution in [0.5, 0.6) is 0 Å². The van der Waals surface area contributed by atoms with Gasteiger partial charge in [-0.15, -0.1) is 23.2 Å². The van der Waals surface area contributed by atoms with Crippen LogP contribution in [0.3, 0.4) is 0 Å². The molecule has 1 aliphatic carbocycles. The smallest absolute Gasteiger partial charge is 0.326 e. The molecular formula is C11H8Cl2F3NO. The Morgan fingerprint density at radius 1 is 1.39 bits per heavy atom. The molecule has 1 N–H and O–H groups in total. The maximum atomic E-state index is 12.4. The summed E-state index contributed by atoms with van der Waals surface area (Å²) in [5.74, 6) is -1.05. The Morgan fingerprint density at radius 2 is 2.00 bits per heavy atom. The van der Waals surface area contributed by atoms with Gasteiger partial charge in [-0.1, -0.05) is 6.07 Å². The molecule has 1 aromatic carbocycles. The van der Waals surface area contributed by atoms with Crippen LogP contribution in [-0.2, 0) is 11.0 Å². The van der Waals surface area contributed by atoms with E-state index in [0.29, 0.717) is 6.42 Å². The molecular weight excluding hydrogens is 290 g/mol. The van der Waals surface area contributed by atoms with Crippen molar-refractivity contribution >= 4 is 34.8 Å². The van der Waals surface area contributed by atoms with Gasteiger partial charge in [0.2, 0.25) is 5.91 Å². The highest BCUT2D eigenvalue weighted by atomic mass is 35.5. The molecule has 1 aliphatic rings. The molecule has 7 heteroatoms. The van der Waals surface area contributed by atoms with Crippen molar-refractivity contribution in [3.8, 4) is 0 Å². The molecule has 0 aromatic heterocycles. The summed E-state index contributed by atoms with van der Waals surface area (Å²) in [6.45, 7) is 0. The Kier molecular flexibility index (Phi) is 3.23. The van der Waals surface area contributed by atoms with Crippen LogP contribution in [0.25, 0.3) is 0 Å². The van der Waals surface area contributed by atoms with Gasteiger partial charge in [-0.05, 0) is 24.6 Å². The fraction of sp³-hybridized carbons (Fsp3) is 0.364. The highest BCUT2D eigenvalue weighted by Gasteiger charge is 2.56. The molecule has 0 heterocycles. The third kappa shape index (κ3) is 2.90. The standard InChI is InChI=1S/C11H8Cl2F3NO/c12-10(13)5-8(10)9(18)17-7-3-1-2-6(4-7)11(14,15)16/h1-4,8H,5H2,(H,17,18)/t8-/m0/s1. The molecule has 0 bridgehead atoms. The van der Waals surface area contributed by atoms with Crippen LogP contribution >= 0.6 is 23.2 Å². The predicted octanol–water partition coefficient (Wildman–Crippen LogP) is 3.84. The predicted molar refractivity (Wildman–Crippen MR) is 62.6 cm³/mol. The first-order valence-corrected chi connectivity index (χ1v) is 5.82. The maximum absolute atomic E-state index is 12.4. The van der Waals surface area contributed by atoms with Crippen LogP contribution in [0.2, 0.25) is 0 Å². The second kappa shape index (κ2) is 4.31. The van der Waals surface area contributed by atoms with Crippen molar-refractivity contribution in [2.24, 2.45) is 5.92 Å². The van der Waals surface area contributed by atoms with E-state index in [-0.39, 0.29) is 5.69 Å². The lowest BCUT2D eigenvalue weighted by Gasteiger charge is -2.09. The van der Waals surface area contributed by atoms with Gasteiger partial charge in [0, 0.05) is 5.69 Å². The van der Waals surface area contributed by atoms with Crippen LogP contribution in [-0.4, -0.2) is 10.2 Å². The number of carbonyl (C=O) groups excluding carboxylic acids is 1. The largest absolute Gasteiger partial charge is 0.416 e. The van der Waals surface area contributed by atoms with E-state index in [1.807, 2.05) is 0 Å². The Balaban J connectivity index is 2.09. The topological polar surface area (TPSA) is 29.1 Å². The SMILES string of the molecule is O=C(Nc1cccc(C(F)(F)F)c1)[C@@H]1CC1(Cl)Cl. The van der Waals surface area contributed by atoms with Crippen molar-refractivity contribution in [2.75, 3.05) is 5.32 Å². The lowest BCUT2D eigenvalue weighted by atomic mass is 10.2. The van der Waals surface area contributed by atoms with Crippen molar-refractivity contribution in [3.05, 3.63) is 29.8 Å². The minimum Gasteiger partial charge on any atom is -0.326 e. The molecule has 0 aliphatic heterocycles. The Bertz CT molecular complexity index is 487. The first-order valence-electron chi connectivity index (χ1n) is 5.06. The van der Waals surface area contributed by atoms with Gasteiger partial charge in [0.15, 0.2) is 0 Å². The summed E-state index contributed by atoms with van der Waals surface area (Å²) in [6.07, 6.45) is -4.13. The number of carbonyl (C=O) groups is 1. The van der Waals surface area contributed by atoms with Crippen molar-refractivity contribution in [1.82, 2.24) is 0 Å². The van der Waals surface area contributed by atoms with E-state index in [4.69, 9.17) is 23.2 Å². The zero-order valence-corrected chi connectivity index (χ0v) is 10.4. The van der Waals surface area contributed by atoms with Gasteiger partial charge >= 0.3 is 6.18 Å². The minimum absolute atomic E-state index is 0.0749. The highest BCUT2D eigenvalue weighted by Crippen LogP contribution is 2.53. The molecule has 1 fully saturated rings. The summed E-state index contributed by atoms with van der Waals surface area (Å²) in [5.41, 5.74) is -0.745. The lowest BCUT2D eigenvalue weighted by Crippen LogP contribution is -2.17. The van der Waals surface area contributed by atoms with E-state index in [1.165, 1.54) is 12.1 Å². The molecule has 2 nitrogen and oxygen atoms in total. The maximum Gasteiger partial charge on any atom is 0.416 e. The number of nitrogens with one attached hydrogen (secondary N) is 1. The average molecular weight is 298 g/mol. The number of alkyl halides is 5. The molecule has 0 radical (unpaired) electrons. The zero-order valence-electron chi connectivity index (χ0n) is 8.89. The van der Waals surface area contributed by atoms with Crippen LogP contribution in [0.15, 0.2) is 24.3 Å². The van der Waals surface area contributed by atoms with Crippen LogP contribution < -0.4 is 5.32 Å².